The van der Waals surface area contributed by atoms with Gasteiger partial charge in [-0.3, -0.25) is 4.79 Å². The molecule has 1 amide bonds. The van der Waals surface area contributed by atoms with Gasteiger partial charge in [0.05, 0.1) is 0 Å². The third kappa shape index (κ3) is 8.01. The van der Waals surface area contributed by atoms with Gasteiger partial charge in [-0.2, -0.15) is 0 Å². The maximum atomic E-state index is 10.5. The lowest BCUT2D eigenvalue weighted by Gasteiger charge is -2.14. The molecule has 0 fully saturated rings. The second-order valence-electron chi connectivity index (χ2n) is 3.30. The molecule has 68 valence electrons. The van der Waals surface area contributed by atoms with Crippen LogP contribution in [0.5, 0.6) is 0 Å². The fraction of sp³-hybridized carbons (Fsp3) is 0.833. The first-order valence-corrected chi connectivity index (χ1v) is 4.61. The Balaban J connectivity index is 3.31. The van der Waals surface area contributed by atoms with Crippen LogP contribution >= 0.6 is 12.6 Å². The molecule has 1 N–H and O–H groups in total. The van der Waals surface area contributed by atoms with Gasteiger partial charge in [0, 0.05) is 0 Å². The van der Waals surface area contributed by atoms with Crippen molar-refractivity contribution in [1.29, 1.82) is 0 Å². The predicted molar refractivity (Wildman–Crippen MR) is 60.3 cm³/mol. The van der Waals surface area contributed by atoms with Crippen molar-refractivity contribution in [3.63, 3.8) is 0 Å². The van der Waals surface area contributed by atoms with Gasteiger partial charge in [0.2, 0.25) is 0 Å². The van der Waals surface area contributed by atoms with Gasteiger partial charge >= 0.3 is 0 Å². The zero-order valence-electron chi connectivity index (χ0n) is 8.00. The topological polar surface area (TPSA) is 32.3 Å². The zero-order chi connectivity index (χ0) is 9.56. The number of hydrogen-bond donors (Lipinski definition) is 2. The minimum absolute atomic E-state index is 0.231. The van der Waals surface area contributed by atoms with Gasteiger partial charge in [-0.15, -0.1) is 0 Å². The number of amides is 1. The number of nitrogens with zero attached hydrogens (tertiary/aromatic N) is 1. The molecule has 12 heavy (non-hydrogen) atoms. The summed E-state index contributed by atoms with van der Waals surface area (Å²) >= 11 is 3.64. The molecule has 0 aliphatic heterocycles. The number of carbonyl (C=O) groups is 1. The second-order valence-corrected chi connectivity index (χ2v) is 3.70. The number of thiol groups is 1. The van der Waals surface area contributed by atoms with E-state index < -0.39 is 0 Å². The maximum absolute atomic E-state index is 10.5. The van der Waals surface area contributed by atoms with Gasteiger partial charge in [0.25, 0.3) is 5.24 Å². The first-order chi connectivity index (χ1) is 5.52. The fourth-order valence-corrected chi connectivity index (χ4v) is 1.22. The summed E-state index contributed by atoms with van der Waals surface area (Å²) in [4.78, 5) is 12.6. The summed E-state index contributed by atoms with van der Waals surface area (Å²) in [6.45, 7) is 1.06. The summed E-state index contributed by atoms with van der Waals surface area (Å²) < 4.78 is 0. The van der Waals surface area contributed by atoms with E-state index in [1.807, 2.05) is 22.9 Å². The molecule has 0 rings (SSSR count). The van der Waals surface area contributed by atoms with Gasteiger partial charge < -0.3 is 10.1 Å². The molecule has 0 heterocycles. The molecule has 0 spiro atoms. The highest BCUT2D eigenvalue weighted by Crippen LogP contribution is 1.95. The van der Waals surface area contributed by atoms with Gasteiger partial charge in [-0.25, -0.2) is 0 Å². The molecule has 1 atom stereocenters. The van der Waals surface area contributed by atoms with Crippen molar-refractivity contribution in [2.75, 3.05) is 13.6 Å². The SMILES string of the molecule is BC(CCCN(B)C)NC(=O)S. The Morgan fingerprint density at radius 1 is 1.75 bits per heavy atom. The monoisotopic (exact) mass is 186 g/mol. The van der Waals surface area contributed by atoms with E-state index in [0.717, 1.165) is 19.4 Å². The average Bonchev–Trinajstić information content (AvgIpc) is 1.84. The van der Waals surface area contributed by atoms with Crippen LogP contribution in [0.2, 0.25) is 0 Å². The fourth-order valence-electron chi connectivity index (χ4n) is 0.997. The van der Waals surface area contributed by atoms with Crippen molar-refractivity contribution in [2.45, 2.75) is 18.8 Å². The summed E-state index contributed by atoms with van der Waals surface area (Å²) in [6.07, 6.45) is 2.10. The van der Waals surface area contributed by atoms with Crippen LogP contribution in [0.25, 0.3) is 0 Å². The maximum Gasteiger partial charge on any atom is 0.275 e. The van der Waals surface area contributed by atoms with E-state index in [1.165, 1.54) is 0 Å². The van der Waals surface area contributed by atoms with Crippen LogP contribution in [0.3, 0.4) is 0 Å². The van der Waals surface area contributed by atoms with E-state index in [2.05, 4.69) is 22.8 Å². The van der Waals surface area contributed by atoms with E-state index in [-0.39, 0.29) is 11.2 Å². The highest BCUT2D eigenvalue weighted by Gasteiger charge is 2.02. The Morgan fingerprint density at radius 2 is 2.33 bits per heavy atom. The zero-order valence-corrected chi connectivity index (χ0v) is 8.90. The standard InChI is InChI=1S/C6H16B2N2OS/c1-10(8)4-2-3-5(7)9-6(11)12/h5H,2-4,7-8H2,1H3,(H2,9,11,12). The minimum Gasteiger partial charge on any atom is -0.352 e. The number of rotatable bonds is 5. The van der Waals surface area contributed by atoms with E-state index in [4.69, 9.17) is 0 Å². The minimum atomic E-state index is -0.243. The Kier molecular flexibility index (Phi) is 6.38. The van der Waals surface area contributed by atoms with Crippen LogP contribution in [-0.4, -0.2) is 45.4 Å². The van der Waals surface area contributed by atoms with Crippen molar-refractivity contribution < 1.29 is 4.79 Å². The highest BCUT2D eigenvalue weighted by molar-refractivity contribution is 7.96. The molecule has 0 aromatic rings. The van der Waals surface area contributed by atoms with E-state index in [9.17, 15) is 4.79 Å². The van der Waals surface area contributed by atoms with Crippen LogP contribution in [0.1, 0.15) is 12.8 Å². The summed E-state index contributed by atoms with van der Waals surface area (Å²) in [5.41, 5.74) is 0. The summed E-state index contributed by atoms with van der Waals surface area (Å²) in [6, 6.07) is 0. The first kappa shape index (κ1) is 11.9. The molecule has 1 unspecified atom stereocenters. The van der Waals surface area contributed by atoms with Crippen LogP contribution in [-0.2, 0) is 0 Å². The molecule has 0 aliphatic rings. The molecule has 0 radical (unpaired) electrons. The van der Waals surface area contributed by atoms with Crippen LogP contribution in [0.4, 0.5) is 4.79 Å². The van der Waals surface area contributed by atoms with Crippen molar-refractivity contribution in [1.82, 2.24) is 10.1 Å². The van der Waals surface area contributed by atoms with E-state index >= 15 is 0 Å². The van der Waals surface area contributed by atoms with Crippen molar-refractivity contribution in [3.05, 3.63) is 0 Å². The second kappa shape index (κ2) is 6.43. The molecule has 0 bridgehead atoms. The van der Waals surface area contributed by atoms with E-state index in [1.54, 1.807) is 0 Å². The molecule has 0 saturated carbocycles. The largest absolute Gasteiger partial charge is 0.352 e. The number of hydrogen-bond acceptors (Lipinski definition) is 2. The third-order valence-electron chi connectivity index (χ3n) is 1.61. The quantitative estimate of drug-likeness (QED) is 0.419. The molecule has 0 aromatic heterocycles. The van der Waals surface area contributed by atoms with Crippen LogP contribution < -0.4 is 5.32 Å². The van der Waals surface area contributed by atoms with Crippen LogP contribution in [0.15, 0.2) is 0 Å². The average molecular weight is 186 g/mol. The van der Waals surface area contributed by atoms with Gasteiger partial charge in [-0.05, 0) is 32.4 Å². The summed E-state index contributed by atoms with van der Waals surface area (Å²) in [5.74, 6) is 0.231. The molecule has 0 saturated heterocycles. The Morgan fingerprint density at radius 3 is 2.75 bits per heavy atom. The Labute approximate surface area is 81.5 Å². The molecule has 0 aliphatic carbocycles. The normalized spacial score (nSPS) is 12.9. The number of carbonyl (C=O) groups excluding carboxylic acids is 1. The van der Waals surface area contributed by atoms with Crippen molar-refractivity contribution in [2.24, 2.45) is 0 Å². The first-order valence-electron chi connectivity index (χ1n) is 4.16. The smallest absolute Gasteiger partial charge is 0.275 e. The molecular weight excluding hydrogens is 170 g/mol. The Hall–Kier alpha value is -0.0901. The molecule has 0 aromatic carbocycles. The van der Waals surface area contributed by atoms with E-state index in [0.29, 0.717) is 0 Å². The summed E-state index contributed by atoms with van der Waals surface area (Å²) in [7, 11) is 6.08. The van der Waals surface area contributed by atoms with Gasteiger partial charge in [-0.1, -0.05) is 12.6 Å². The predicted octanol–water partition coefficient (Wildman–Crippen LogP) is -1.15. The lowest BCUT2D eigenvalue weighted by Crippen LogP contribution is -2.32. The van der Waals surface area contributed by atoms with Crippen molar-refractivity contribution in [3.8, 4) is 0 Å². The third-order valence-corrected chi connectivity index (χ3v) is 1.74. The van der Waals surface area contributed by atoms with Gasteiger partial charge in [0.1, 0.15) is 7.85 Å². The number of nitrogens with one attached hydrogen (secondary N) is 1. The van der Waals surface area contributed by atoms with Gasteiger partial charge in [0.15, 0.2) is 7.98 Å². The molecule has 6 heteroatoms. The lowest BCUT2D eigenvalue weighted by molar-refractivity contribution is 0.259. The lowest BCUT2D eigenvalue weighted by atomic mass is 9.92. The Bertz CT molecular complexity index is 146. The van der Waals surface area contributed by atoms with Crippen molar-refractivity contribution >= 4 is 33.7 Å². The summed E-state index contributed by atoms with van der Waals surface area (Å²) in [5, 5.41) is 2.48. The van der Waals surface area contributed by atoms with Crippen LogP contribution in [0, 0.1) is 0 Å². The highest BCUT2D eigenvalue weighted by atomic mass is 32.1. The molecular formula is C6H16B2N2OS. The molecule has 3 nitrogen and oxygen atoms in total.